The Kier molecular flexibility index (Phi) is 3.37. The lowest BCUT2D eigenvalue weighted by molar-refractivity contribution is -0.137. The average Bonchev–Trinajstić information content (AvgIpc) is 2.01. The second-order valence-electron chi connectivity index (χ2n) is 3.02. The van der Waals surface area contributed by atoms with E-state index in [4.69, 9.17) is 11.6 Å². The first kappa shape index (κ1) is 11.3. The zero-order valence-electron chi connectivity index (χ0n) is 7.48. The van der Waals surface area contributed by atoms with Gasteiger partial charge < -0.3 is 0 Å². The lowest BCUT2D eigenvalue weighted by Crippen LogP contribution is -2.07. The van der Waals surface area contributed by atoms with Crippen molar-refractivity contribution in [1.29, 1.82) is 0 Å². The highest BCUT2D eigenvalue weighted by molar-refractivity contribution is 6.20. The van der Waals surface area contributed by atoms with Crippen molar-refractivity contribution >= 4 is 11.6 Å². The number of hydrogen-bond donors (Lipinski definition) is 0. The van der Waals surface area contributed by atoms with Gasteiger partial charge >= 0.3 is 6.18 Å². The van der Waals surface area contributed by atoms with Crippen molar-refractivity contribution in [3.8, 4) is 0 Å². The van der Waals surface area contributed by atoms with Crippen LogP contribution < -0.4 is 0 Å². The highest BCUT2D eigenvalue weighted by atomic mass is 35.5. The van der Waals surface area contributed by atoms with Crippen LogP contribution in [-0.4, -0.2) is 10.4 Å². The molecular formula is C9H9ClF3N. The summed E-state index contributed by atoms with van der Waals surface area (Å²) in [5, 5.41) is -0.217. The third kappa shape index (κ3) is 3.18. The second kappa shape index (κ2) is 4.17. The van der Waals surface area contributed by atoms with E-state index in [0.29, 0.717) is 12.1 Å². The van der Waals surface area contributed by atoms with E-state index in [0.717, 1.165) is 18.3 Å². The Labute approximate surface area is 84.9 Å². The number of hydrogen-bond acceptors (Lipinski definition) is 1. The smallest absolute Gasteiger partial charge is 0.261 e. The number of alkyl halides is 4. The first-order chi connectivity index (χ1) is 6.39. The Balaban J connectivity index is 2.90. The molecule has 0 aliphatic heterocycles. The fourth-order valence-electron chi connectivity index (χ4n) is 1.05. The minimum absolute atomic E-state index is 0.217. The lowest BCUT2D eigenvalue weighted by atomic mass is 10.1. The van der Waals surface area contributed by atoms with Crippen molar-refractivity contribution in [3.63, 3.8) is 0 Å². The molecule has 1 aromatic rings. The van der Waals surface area contributed by atoms with E-state index < -0.39 is 11.7 Å². The monoisotopic (exact) mass is 223 g/mol. The van der Waals surface area contributed by atoms with Crippen molar-refractivity contribution in [2.24, 2.45) is 0 Å². The van der Waals surface area contributed by atoms with Gasteiger partial charge in [0.2, 0.25) is 0 Å². The molecule has 0 aliphatic rings. The van der Waals surface area contributed by atoms with Crippen molar-refractivity contribution in [2.75, 3.05) is 0 Å². The van der Waals surface area contributed by atoms with Gasteiger partial charge in [-0.2, -0.15) is 13.2 Å². The summed E-state index contributed by atoms with van der Waals surface area (Å²) in [6, 6.07) is 1.97. The van der Waals surface area contributed by atoms with Crippen LogP contribution in [0.1, 0.15) is 18.2 Å². The molecule has 0 radical (unpaired) electrons. The van der Waals surface area contributed by atoms with Gasteiger partial charge in [0, 0.05) is 23.7 Å². The number of aromatic nitrogens is 1. The molecule has 5 heteroatoms. The molecule has 1 atom stereocenters. The summed E-state index contributed by atoms with van der Waals surface area (Å²) in [7, 11) is 0. The number of rotatable bonds is 2. The highest BCUT2D eigenvalue weighted by Gasteiger charge is 2.30. The molecule has 0 bridgehead atoms. The number of pyridine rings is 1. The lowest BCUT2D eigenvalue weighted by Gasteiger charge is -2.08. The fraction of sp³-hybridized carbons (Fsp3) is 0.444. The summed E-state index contributed by atoms with van der Waals surface area (Å²) >= 11 is 5.66. The molecule has 0 aromatic carbocycles. The molecule has 1 nitrogen and oxygen atoms in total. The van der Waals surface area contributed by atoms with Crippen LogP contribution in [0.3, 0.4) is 0 Å². The number of nitrogens with zero attached hydrogens (tertiary/aromatic N) is 1. The van der Waals surface area contributed by atoms with Crippen LogP contribution in [0.15, 0.2) is 18.3 Å². The van der Waals surface area contributed by atoms with E-state index in [2.05, 4.69) is 4.98 Å². The van der Waals surface area contributed by atoms with Crippen LogP contribution in [0.2, 0.25) is 0 Å². The Morgan fingerprint density at radius 1 is 1.50 bits per heavy atom. The van der Waals surface area contributed by atoms with Crippen molar-refractivity contribution in [2.45, 2.75) is 24.9 Å². The molecule has 1 unspecified atom stereocenters. The SMILES string of the molecule is CC(Cl)Cc1cc(C(F)(F)F)ccn1. The van der Waals surface area contributed by atoms with E-state index in [-0.39, 0.29) is 5.38 Å². The van der Waals surface area contributed by atoms with E-state index in [1.807, 2.05) is 0 Å². The number of halogens is 4. The van der Waals surface area contributed by atoms with Gasteiger partial charge in [-0.3, -0.25) is 4.98 Å². The molecule has 0 saturated carbocycles. The predicted molar refractivity (Wildman–Crippen MR) is 48.3 cm³/mol. The summed E-state index contributed by atoms with van der Waals surface area (Å²) < 4.78 is 36.7. The van der Waals surface area contributed by atoms with E-state index in [1.165, 1.54) is 0 Å². The van der Waals surface area contributed by atoms with Crippen LogP contribution in [0, 0.1) is 0 Å². The molecule has 14 heavy (non-hydrogen) atoms. The Hall–Kier alpha value is -0.770. The third-order valence-electron chi connectivity index (χ3n) is 1.63. The molecule has 78 valence electrons. The molecule has 1 aromatic heterocycles. The minimum Gasteiger partial charge on any atom is -0.261 e. The topological polar surface area (TPSA) is 12.9 Å². The summed E-state index contributed by atoms with van der Waals surface area (Å²) in [6.45, 7) is 1.71. The highest BCUT2D eigenvalue weighted by Crippen LogP contribution is 2.29. The first-order valence-electron chi connectivity index (χ1n) is 4.06. The maximum atomic E-state index is 12.2. The van der Waals surface area contributed by atoms with E-state index in [1.54, 1.807) is 6.92 Å². The van der Waals surface area contributed by atoms with E-state index >= 15 is 0 Å². The molecule has 0 fully saturated rings. The van der Waals surface area contributed by atoms with Crippen LogP contribution in [0.5, 0.6) is 0 Å². The fourth-order valence-corrected chi connectivity index (χ4v) is 1.21. The summed E-state index contributed by atoms with van der Waals surface area (Å²) in [5.74, 6) is 0. The van der Waals surface area contributed by atoms with Crippen LogP contribution in [0.4, 0.5) is 13.2 Å². The Morgan fingerprint density at radius 2 is 2.14 bits per heavy atom. The van der Waals surface area contributed by atoms with Crippen molar-refractivity contribution in [1.82, 2.24) is 4.98 Å². The average molecular weight is 224 g/mol. The van der Waals surface area contributed by atoms with Gasteiger partial charge in [-0.1, -0.05) is 0 Å². The second-order valence-corrected chi connectivity index (χ2v) is 3.76. The molecule has 0 aliphatic carbocycles. The molecule has 0 saturated heterocycles. The third-order valence-corrected chi connectivity index (χ3v) is 1.79. The predicted octanol–water partition coefficient (Wildman–Crippen LogP) is 3.27. The zero-order chi connectivity index (χ0) is 10.8. The van der Waals surface area contributed by atoms with Crippen LogP contribution >= 0.6 is 11.6 Å². The van der Waals surface area contributed by atoms with Gasteiger partial charge in [0.25, 0.3) is 0 Å². The standard InChI is InChI=1S/C9H9ClF3N/c1-6(10)4-8-5-7(2-3-14-8)9(11,12)13/h2-3,5-6H,4H2,1H3. The van der Waals surface area contributed by atoms with Crippen LogP contribution in [-0.2, 0) is 12.6 Å². The normalized spacial score (nSPS) is 14.1. The molecule has 0 amide bonds. The summed E-state index contributed by atoms with van der Waals surface area (Å²) in [4.78, 5) is 3.81. The minimum atomic E-state index is -4.31. The van der Waals surface area contributed by atoms with Crippen LogP contribution in [0.25, 0.3) is 0 Å². The molecule has 0 spiro atoms. The molecule has 1 rings (SSSR count). The van der Waals surface area contributed by atoms with Gasteiger partial charge in [-0.05, 0) is 19.1 Å². The van der Waals surface area contributed by atoms with E-state index in [9.17, 15) is 13.2 Å². The molecular weight excluding hydrogens is 215 g/mol. The van der Waals surface area contributed by atoms with Gasteiger partial charge in [0.05, 0.1) is 5.56 Å². The maximum Gasteiger partial charge on any atom is 0.416 e. The van der Waals surface area contributed by atoms with Gasteiger partial charge in [-0.25, -0.2) is 0 Å². The van der Waals surface area contributed by atoms with Crippen molar-refractivity contribution in [3.05, 3.63) is 29.6 Å². The van der Waals surface area contributed by atoms with Gasteiger partial charge in [-0.15, -0.1) is 11.6 Å². The summed E-state index contributed by atoms with van der Waals surface area (Å²) in [6.07, 6.45) is -2.82. The first-order valence-corrected chi connectivity index (χ1v) is 4.49. The Bertz CT molecular complexity index is 309. The van der Waals surface area contributed by atoms with Gasteiger partial charge in [0.1, 0.15) is 0 Å². The zero-order valence-corrected chi connectivity index (χ0v) is 8.23. The van der Waals surface area contributed by atoms with Gasteiger partial charge in [0.15, 0.2) is 0 Å². The largest absolute Gasteiger partial charge is 0.416 e. The maximum absolute atomic E-state index is 12.2. The summed E-state index contributed by atoms with van der Waals surface area (Å²) in [5.41, 5.74) is -0.317. The van der Waals surface area contributed by atoms with Crippen molar-refractivity contribution < 1.29 is 13.2 Å². The molecule has 1 heterocycles. The Morgan fingerprint density at radius 3 is 2.64 bits per heavy atom. The quantitative estimate of drug-likeness (QED) is 0.702. The molecule has 0 N–H and O–H groups in total.